The van der Waals surface area contributed by atoms with E-state index in [9.17, 15) is 9.59 Å². The first kappa shape index (κ1) is 20.7. The highest BCUT2D eigenvalue weighted by Gasteiger charge is 2.29. The average Bonchev–Trinajstić information content (AvgIpc) is 3.27. The number of piperazine rings is 1. The summed E-state index contributed by atoms with van der Waals surface area (Å²) in [6.07, 6.45) is 1.85. The molecule has 3 aromatic rings. The summed E-state index contributed by atoms with van der Waals surface area (Å²) in [5.41, 5.74) is 3.72. The molecular weight excluding hydrogens is 390 g/mol. The second-order valence-corrected chi connectivity index (χ2v) is 7.79. The second-order valence-electron chi connectivity index (χ2n) is 7.79. The van der Waals surface area contributed by atoms with Crippen LogP contribution in [0.15, 0.2) is 66.9 Å². The lowest BCUT2D eigenvalue weighted by molar-refractivity contribution is -0.126. The third-order valence-corrected chi connectivity index (χ3v) is 5.72. The van der Waals surface area contributed by atoms with Crippen molar-refractivity contribution >= 4 is 17.4 Å². The van der Waals surface area contributed by atoms with Gasteiger partial charge >= 0.3 is 0 Å². The van der Waals surface area contributed by atoms with E-state index in [-0.39, 0.29) is 0 Å². The van der Waals surface area contributed by atoms with Crippen LogP contribution in [0.5, 0.6) is 5.75 Å². The first-order valence-corrected chi connectivity index (χ1v) is 10.5. The first-order valence-electron chi connectivity index (χ1n) is 10.5. The van der Waals surface area contributed by atoms with Gasteiger partial charge in [-0.2, -0.15) is 0 Å². The van der Waals surface area contributed by atoms with E-state index < -0.39 is 11.7 Å². The third kappa shape index (κ3) is 4.48. The summed E-state index contributed by atoms with van der Waals surface area (Å²) in [5, 5.41) is 0. The van der Waals surface area contributed by atoms with Gasteiger partial charge in [0.1, 0.15) is 5.75 Å². The molecular formula is C25H27N3O3. The molecule has 0 spiro atoms. The Labute approximate surface area is 182 Å². The van der Waals surface area contributed by atoms with Crippen molar-refractivity contribution in [1.82, 2.24) is 9.47 Å². The Kier molecular flexibility index (Phi) is 6.07. The molecule has 1 aromatic heterocycles. The zero-order valence-electron chi connectivity index (χ0n) is 18.0. The molecule has 0 saturated carbocycles. The van der Waals surface area contributed by atoms with Gasteiger partial charge in [-0.3, -0.25) is 9.59 Å². The molecule has 2 aromatic carbocycles. The van der Waals surface area contributed by atoms with Crippen LogP contribution in [0.4, 0.5) is 5.69 Å². The van der Waals surface area contributed by atoms with E-state index in [0.29, 0.717) is 38.4 Å². The second kappa shape index (κ2) is 9.08. The largest absolute Gasteiger partial charge is 0.495 e. The van der Waals surface area contributed by atoms with Crippen molar-refractivity contribution in [2.75, 3.05) is 38.2 Å². The highest BCUT2D eigenvalue weighted by Crippen LogP contribution is 2.28. The maximum atomic E-state index is 13.0. The molecule has 1 saturated heterocycles. The fourth-order valence-corrected chi connectivity index (χ4v) is 3.94. The Balaban J connectivity index is 1.41. The molecule has 0 unspecified atom stereocenters. The van der Waals surface area contributed by atoms with Gasteiger partial charge in [0.15, 0.2) is 0 Å². The van der Waals surface area contributed by atoms with Crippen LogP contribution in [-0.4, -0.2) is 54.4 Å². The molecule has 6 nitrogen and oxygen atoms in total. The first-order chi connectivity index (χ1) is 15.1. The molecule has 1 fully saturated rings. The summed E-state index contributed by atoms with van der Waals surface area (Å²) in [7, 11) is 1.66. The molecule has 0 bridgehead atoms. The van der Waals surface area contributed by atoms with E-state index in [0.717, 1.165) is 17.0 Å². The lowest BCUT2D eigenvalue weighted by Gasteiger charge is -2.36. The van der Waals surface area contributed by atoms with Gasteiger partial charge in [-0.05, 0) is 36.8 Å². The maximum absolute atomic E-state index is 13.0. The number of carbonyl (C=O) groups is 2. The number of aromatic nitrogens is 1. The summed E-state index contributed by atoms with van der Waals surface area (Å²) in [6, 6.07) is 19.6. The van der Waals surface area contributed by atoms with E-state index in [2.05, 4.69) is 4.90 Å². The van der Waals surface area contributed by atoms with Crippen molar-refractivity contribution in [2.24, 2.45) is 0 Å². The average molecular weight is 418 g/mol. The number of ketones is 1. The topological polar surface area (TPSA) is 54.8 Å². The van der Waals surface area contributed by atoms with Crippen LogP contribution in [0.1, 0.15) is 21.6 Å². The van der Waals surface area contributed by atoms with Gasteiger partial charge in [-0.25, -0.2) is 0 Å². The quantitative estimate of drug-likeness (QED) is 0.456. The van der Waals surface area contributed by atoms with Crippen LogP contribution in [0.2, 0.25) is 0 Å². The van der Waals surface area contributed by atoms with Gasteiger partial charge in [0, 0.05) is 38.9 Å². The molecule has 2 heterocycles. The molecule has 1 aliphatic rings. The minimum atomic E-state index is -0.456. The lowest BCUT2D eigenvalue weighted by atomic mass is 10.1. The lowest BCUT2D eigenvalue weighted by Crippen LogP contribution is -2.51. The highest BCUT2D eigenvalue weighted by molar-refractivity contribution is 6.42. The Bertz CT molecular complexity index is 1060. The minimum absolute atomic E-state index is 0.428. The summed E-state index contributed by atoms with van der Waals surface area (Å²) in [5.74, 6) is -0.0846. The van der Waals surface area contributed by atoms with E-state index in [1.54, 1.807) is 18.1 Å². The summed E-state index contributed by atoms with van der Waals surface area (Å²) in [6.45, 7) is 4.92. The van der Waals surface area contributed by atoms with Crippen LogP contribution >= 0.6 is 0 Å². The SMILES string of the molecule is COc1ccccc1N1CCN(C(=O)C(=O)c2cccn2Cc2ccc(C)cc2)CC1. The van der Waals surface area contributed by atoms with E-state index >= 15 is 0 Å². The van der Waals surface area contributed by atoms with Crippen molar-refractivity contribution in [3.63, 3.8) is 0 Å². The number of hydrogen-bond acceptors (Lipinski definition) is 4. The number of para-hydroxylation sites is 2. The van der Waals surface area contributed by atoms with Crippen LogP contribution in [0.3, 0.4) is 0 Å². The number of aryl methyl sites for hydroxylation is 1. The number of nitrogens with zero attached hydrogens (tertiary/aromatic N) is 3. The van der Waals surface area contributed by atoms with Crippen molar-refractivity contribution in [2.45, 2.75) is 13.5 Å². The molecule has 1 aliphatic heterocycles. The predicted molar refractivity (Wildman–Crippen MR) is 121 cm³/mol. The standard InChI is InChI=1S/C25H27N3O3/c1-19-9-11-20(12-10-19)18-28-13-5-7-22(28)24(29)25(30)27-16-14-26(15-17-27)21-6-3-4-8-23(21)31-2/h3-13H,14-18H2,1-2H3. The fraction of sp³-hybridized carbons (Fsp3) is 0.280. The Morgan fingerprint density at radius 3 is 2.32 bits per heavy atom. The predicted octanol–water partition coefficient (Wildman–Crippen LogP) is 3.38. The van der Waals surface area contributed by atoms with Crippen molar-refractivity contribution < 1.29 is 14.3 Å². The monoisotopic (exact) mass is 417 g/mol. The minimum Gasteiger partial charge on any atom is -0.495 e. The number of methoxy groups -OCH3 is 1. The summed E-state index contributed by atoms with van der Waals surface area (Å²) < 4.78 is 7.29. The Morgan fingerprint density at radius 1 is 0.903 bits per heavy atom. The number of anilines is 1. The normalized spacial score (nSPS) is 13.9. The van der Waals surface area contributed by atoms with E-state index in [1.807, 2.05) is 72.3 Å². The van der Waals surface area contributed by atoms with E-state index in [4.69, 9.17) is 4.74 Å². The molecule has 0 radical (unpaired) electrons. The van der Waals surface area contributed by atoms with Crippen LogP contribution in [0, 0.1) is 6.92 Å². The summed E-state index contributed by atoms with van der Waals surface area (Å²) in [4.78, 5) is 29.7. The maximum Gasteiger partial charge on any atom is 0.296 e. The zero-order valence-corrected chi connectivity index (χ0v) is 18.0. The number of rotatable bonds is 6. The van der Waals surface area contributed by atoms with Crippen molar-refractivity contribution in [3.05, 3.63) is 83.7 Å². The highest BCUT2D eigenvalue weighted by atomic mass is 16.5. The third-order valence-electron chi connectivity index (χ3n) is 5.72. The van der Waals surface area contributed by atoms with Crippen LogP contribution < -0.4 is 9.64 Å². The van der Waals surface area contributed by atoms with Crippen molar-refractivity contribution in [1.29, 1.82) is 0 Å². The van der Waals surface area contributed by atoms with Crippen LogP contribution in [0.25, 0.3) is 0 Å². The Morgan fingerprint density at radius 2 is 1.61 bits per heavy atom. The van der Waals surface area contributed by atoms with Gasteiger partial charge in [0.05, 0.1) is 18.5 Å². The van der Waals surface area contributed by atoms with Gasteiger partial charge in [-0.15, -0.1) is 0 Å². The number of hydrogen-bond donors (Lipinski definition) is 0. The molecule has 1 amide bonds. The molecule has 4 rings (SSSR count). The van der Waals surface area contributed by atoms with Gasteiger partial charge in [0.25, 0.3) is 11.7 Å². The number of carbonyl (C=O) groups excluding carboxylic acids is 2. The van der Waals surface area contributed by atoms with Gasteiger partial charge in [0.2, 0.25) is 0 Å². The molecule has 31 heavy (non-hydrogen) atoms. The summed E-state index contributed by atoms with van der Waals surface area (Å²) >= 11 is 0. The van der Waals surface area contributed by atoms with Crippen molar-refractivity contribution in [3.8, 4) is 5.75 Å². The number of ether oxygens (including phenoxy) is 1. The van der Waals surface area contributed by atoms with E-state index in [1.165, 1.54) is 5.56 Å². The molecule has 0 N–H and O–H groups in total. The number of Topliss-reactive ketones (excluding diaryl/α,β-unsaturated/α-hetero) is 1. The molecule has 6 heteroatoms. The zero-order chi connectivity index (χ0) is 21.8. The van der Waals surface area contributed by atoms with Crippen LogP contribution in [-0.2, 0) is 11.3 Å². The molecule has 160 valence electrons. The van der Waals surface area contributed by atoms with Gasteiger partial charge < -0.3 is 19.1 Å². The molecule has 0 atom stereocenters. The molecule has 0 aliphatic carbocycles. The number of amides is 1. The smallest absolute Gasteiger partial charge is 0.296 e. The number of benzene rings is 2. The Hall–Kier alpha value is -3.54. The fourth-order valence-electron chi connectivity index (χ4n) is 3.94. The van der Waals surface area contributed by atoms with Gasteiger partial charge in [-0.1, -0.05) is 42.0 Å².